The minimum atomic E-state index is 0. The van der Waals surface area contributed by atoms with E-state index in [1.54, 1.807) is 13.1 Å². The molecule has 0 atom stereocenters. The van der Waals surface area contributed by atoms with Gasteiger partial charge in [0.25, 0.3) is 0 Å². The number of hydrogen-bond donors (Lipinski definition) is 2. The van der Waals surface area contributed by atoms with Crippen molar-refractivity contribution >= 4 is 35.8 Å². The van der Waals surface area contributed by atoms with Crippen LogP contribution in [-0.4, -0.2) is 38.7 Å². The van der Waals surface area contributed by atoms with Gasteiger partial charge >= 0.3 is 0 Å². The summed E-state index contributed by atoms with van der Waals surface area (Å²) in [5, 5.41) is 6.64. The fourth-order valence-corrected chi connectivity index (χ4v) is 2.34. The Balaban J connectivity index is 0.00000364. The first-order chi connectivity index (χ1) is 12.6. The predicted octanol–water partition coefficient (Wildman–Crippen LogP) is 3.20. The van der Waals surface area contributed by atoms with Crippen molar-refractivity contribution in [1.29, 1.82) is 0 Å². The molecule has 146 valence electrons. The molecule has 6 nitrogen and oxygen atoms in total. The van der Waals surface area contributed by atoms with Crippen LogP contribution in [0.3, 0.4) is 0 Å². The number of pyridine rings is 1. The molecule has 0 fully saturated rings. The molecule has 1 heterocycles. The molecule has 0 aliphatic rings. The van der Waals surface area contributed by atoms with Gasteiger partial charge in [-0.25, -0.2) is 4.98 Å². The van der Waals surface area contributed by atoms with E-state index in [1.807, 2.05) is 55.5 Å². The van der Waals surface area contributed by atoms with Crippen LogP contribution >= 0.6 is 24.0 Å². The molecular weight excluding hydrogens is 453 g/mol. The third-order valence-corrected chi connectivity index (χ3v) is 3.73. The molecule has 0 radical (unpaired) electrons. The maximum atomic E-state index is 5.69. The number of benzene rings is 1. The van der Waals surface area contributed by atoms with Crippen molar-refractivity contribution in [3.05, 3.63) is 66.4 Å². The fourth-order valence-electron chi connectivity index (χ4n) is 2.34. The number of halogens is 1. The molecule has 2 rings (SSSR count). The van der Waals surface area contributed by atoms with Crippen molar-refractivity contribution in [2.45, 2.75) is 13.1 Å². The molecular formula is C20H28IN5O. The summed E-state index contributed by atoms with van der Waals surface area (Å²) in [7, 11) is 5.71. The Labute approximate surface area is 178 Å². The number of aromatic nitrogens is 1. The van der Waals surface area contributed by atoms with Crippen LogP contribution in [0.1, 0.15) is 11.1 Å². The van der Waals surface area contributed by atoms with E-state index in [4.69, 9.17) is 4.74 Å². The highest BCUT2D eigenvalue weighted by atomic mass is 127. The van der Waals surface area contributed by atoms with Crippen molar-refractivity contribution in [2.75, 3.05) is 32.6 Å². The van der Waals surface area contributed by atoms with Crippen LogP contribution in [0.15, 0.2) is 60.2 Å². The molecule has 0 aliphatic heterocycles. The highest BCUT2D eigenvalue weighted by Crippen LogP contribution is 2.17. The van der Waals surface area contributed by atoms with Gasteiger partial charge in [-0.1, -0.05) is 30.9 Å². The van der Waals surface area contributed by atoms with Crippen molar-refractivity contribution in [1.82, 2.24) is 15.6 Å². The van der Waals surface area contributed by atoms with Crippen LogP contribution in [0.5, 0.6) is 5.75 Å². The molecule has 0 spiro atoms. The SMILES string of the molecule is C=CCOc1ccccc1CNC(=NC)NCc1ccnc(N(C)C)c1.I. The summed E-state index contributed by atoms with van der Waals surface area (Å²) in [6, 6.07) is 12.0. The van der Waals surface area contributed by atoms with Crippen LogP contribution in [-0.2, 0) is 13.1 Å². The van der Waals surface area contributed by atoms with Crippen LogP contribution < -0.4 is 20.3 Å². The number of nitrogens with one attached hydrogen (secondary N) is 2. The van der Waals surface area contributed by atoms with Crippen molar-refractivity contribution in [3.63, 3.8) is 0 Å². The first-order valence-corrected chi connectivity index (χ1v) is 8.52. The molecule has 0 bridgehead atoms. The molecule has 1 aromatic carbocycles. The Morgan fingerprint density at radius 1 is 1.22 bits per heavy atom. The molecule has 7 heteroatoms. The van der Waals surface area contributed by atoms with Gasteiger partial charge in [-0.2, -0.15) is 0 Å². The summed E-state index contributed by atoms with van der Waals surface area (Å²) < 4.78 is 5.69. The van der Waals surface area contributed by atoms with E-state index in [9.17, 15) is 0 Å². The third kappa shape index (κ3) is 7.46. The van der Waals surface area contributed by atoms with Crippen LogP contribution in [0.4, 0.5) is 5.82 Å². The van der Waals surface area contributed by atoms with Gasteiger partial charge in [0.2, 0.25) is 0 Å². The highest BCUT2D eigenvalue weighted by molar-refractivity contribution is 14.0. The van der Waals surface area contributed by atoms with E-state index in [-0.39, 0.29) is 24.0 Å². The number of nitrogens with zero attached hydrogens (tertiary/aromatic N) is 3. The molecule has 0 amide bonds. The molecule has 0 unspecified atom stereocenters. The van der Waals surface area contributed by atoms with E-state index in [2.05, 4.69) is 33.3 Å². The quantitative estimate of drug-likeness (QED) is 0.263. The molecule has 0 saturated carbocycles. The number of anilines is 1. The van der Waals surface area contributed by atoms with E-state index in [0.717, 1.165) is 28.7 Å². The molecule has 2 aromatic rings. The standard InChI is InChI=1S/C20H27N5O.HI/c1-5-12-26-18-9-7-6-8-17(18)15-24-20(21-2)23-14-16-10-11-22-19(13-16)25(3)4;/h5-11,13H,1,12,14-15H2,2-4H3,(H2,21,23,24);1H. The lowest BCUT2D eigenvalue weighted by Crippen LogP contribution is -2.36. The number of ether oxygens (including phenoxy) is 1. The zero-order chi connectivity index (χ0) is 18.8. The maximum absolute atomic E-state index is 5.69. The van der Waals surface area contributed by atoms with Crippen LogP contribution in [0.25, 0.3) is 0 Å². The molecule has 27 heavy (non-hydrogen) atoms. The fraction of sp³-hybridized carbons (Fsp3) is 0.300. The molecule has 1 aromatic heterocycles. The Morgan fingerprint density at radius 2 is 1.96 bits per heavy atom. The first kappa shape index (κ1) is 22.8. The average Bonchev–Trinajstić information content (AvgIpc) is 2.67. The molecule has 0 saturated heterocycles. The number of para-hydroxylation sites is 1. The second kappa shape index (κ2) is 12.2. The van der Waals surface area contributed by atoms with Gasteiger partial charge in [-0.05, 0) is 23.8 Å². The first-order valence-electron chi connectivity index (χ1n) is 8.52. The second-order valence-corrected chi connectivity index (χ2v) is 5.90. The minimum Gasteiger partial charge on any atom is -0.489 e. The number of hydrogen-bond acceptors (Lipinski definition) is 4. The zero-order valence-corrected chi connectivity index (χ0v) is 18.4. The number of guanidine groups is 1. The van der Waals surface area contributed by atoms with E-state index in [1.165, 1.54) is 0 Å². The molecule has 0 aliphatic carbocycles. The normalized spacial score (nSPS) is 10.6. The Kier molecular flexibility index (Phi) is 10.2. The van der Waals surface area contributed by atoms with Gasteiger partial charge in [0.15, 0.2) is 5.96 Å². The molecule has 2 N–H and O–H groups in total. The monoisotopic (exact) mass is 481 g/mol. The predicted molar refractivity (Wildman–Crippen MR) is 123 cm³/mol. The van der Waals surface area contributed by atoms with Crippen molar-refractivity contribution in [3.8, 4) is 5.75 Å². The lowest BCUT2D eigenvalue weighted by atomic mass is 10.2. The second-order valence-electron chi connectivity index (χ2n) is 5.90. The van der Waals surface area contributed by atoms with Gasteiger partial charge in [0, 0.05) is 46.0 Å². The summed E-state index contributed by atoms with van der Waals surface area (Å²) >= 11 is 0. The van der Waals surface area contributed by atoms with Crippen LogP contribution in [0, 0.1) is 0 Å². The Morgan fingerprint density at radius 3 is 2.67 bits per heavy atom. The smallest absolute Gasteiger partial charge is 0.191 e. The summed E-state index contributed by atoms with van der Waals surface area (Å²) in [5.41, 5.74) is 2.21. The Hall–Kier alpha value is -2.29. The third-order valence-electron chi connectivity index (χ3n) is 3.73. The van der Waals surface area contributed by atoms with Gasteiger partial charge in [-0.15, -0.1) is 24.0 Å². The minimum absolute atomic E-state index is 0. The number of aliphatic imine (C=N–C) groups is 1. The summed E-state index contributed by atoms with van der Waals surface area (Å²) in [5.74, 6) is 2.51. The average molecular weight is 481 g/mol. The largest absolute Gasteiger partial charge is 0.489 e. The lowest BCUT2D eigenvalue weighted by Gasteiger charge is -2.15. The van der Waals surface area contributed by atoms with Gasteiger partial charge in [-0.3, -0.25) is 4.99 Å². The zero-order valence-electron chi connectivity index (χ0n) is 16.1. The maximum Gasteiger partial charge on any atom is 0.191 e. The van der Waals surface area contributed by atoms with E-state index in [0.29, 0.717) is 19.7 Å². The van der Waals surface area contributed by atoms with Crippen molar-refractivity contribution in [2.24, 2.45) is 4.99 Å². The van der Waals surface area contributed by atoms with Gasteiger partial charge in [0.1, 0.15) is 18.2 Å². The van der Waals surface area contributed by atoms with E-state index < -0.39 is 0 Å². The Bertz CT molecular complexity index is 749. The van der Waals surface area contributed by atoms with Crippen molar-refractivity contribution < 1.29 is 4.74 Å². The van der Waals surface area contributed by atoms with Gasteiger partial charge in [0.05, 0.1) is 0 Å². The van der Waals surface area contributed by atoms with E-state index >= 15 is 0 Å². The summed E-state index contributed by atoms with van der Waals surface area (Å²) in [6.07, 6.45) is 3.55. The number of rotatable bonds is 8. The summed E-state index contributed by atoms with van der Waals surface area (Å²) in [4.78, 5) is 10.6. The topological polar surface area (TPSA) is 61.8 Å². The highest BCUT2D eigenvalue weighted by Gasteiger charge is 2.05. The lowest BCUT2D eigenvalue weighted by molar-refractivity contribution is 0.358. The van der Waals surface area contributed by atoms with Gasteiger partial charge < -0.3 is 20.3 Å². The van der Waals surface area contributed by atoms with Crippen LogP contribution in [0.2, 0.25) is 0 Å². The summed E-state index contributed by atoms with van der Waals surface area (Å²) in [6.45, 7) is 5.45.